The van der Waals surface area contributed by atoms with E-state index >= 15 is 0 Å². The molecule has 0 saturated carbocycles. The SMILES string of the molecule is COc1ccc(C(NC(=O)N2CCCC(C(=O)O)C2)c2ccc(F)cc2)cc1. The highest BCUT2D eigenvalue weighted by molar-refractivity contribution is 5.77. The van der Waals surface area contributed by atoms with Crippen molar-refractivity contribution in [3.63, 3.8) is 0 Å². The second-order valence-corrected chi connectivity index (χ2v) is 6.83. The van der Waals surface area contributed by atoms with Crippen LogP contribution in [0.5, 0.6) is 5.75 Å². The van der Waals surface area contributed by atoms with Crippen LogP contribution in [0.15, 0.2) is 48.5 Å². The number of piperidine rings is 1. The highest BCUT2D eigenvalue weighted by Crippen LogP contribution is 2.25. The van der Waals surface area contributed by atoms with Crippen molar-refractivity contribution in [1.29, 1.82) is 0 Å². The van der Waals surface area contributed by atoms with Gasteiger partial charge in [0.25, 0.3) is 0 Å². The molecule has 6 nitrogen and oxygen atoms in total. The molecule has 0 bridgehead atoms. The monoisotopic (exact) mass is 386 g/mol. The van der Waals surface area contributed by atoms with E-state index in [0.29, 0.717) is 25.1 Å². The Balaban J connectivity index is 1.83. The number of likely N-dealkylation sites (tertiary alicyclic amines) is 1. The predicted molar refractivity (Wildman–Crippen MR) is 102 cm³/mol. The molecule has 1 saturated heterocycles. The Morgan fingerprint density at radius 3 is 2.32 bits per heavy atom. The van der Waals surface area contributed by atoms with E-state index in [0.717, 1.165) is 11.1 Å². The number of nitrogens with zero attached hydrogens (tertiary/aromatic N) is 1. The first-order chi connectivity index (χ1) is 13.5. The van der Waals surface area contributed by atoms with E-state index in [-0.39, 0.29) is 18.4 Å². The van der Waals surface area contributed by atoms with Crippen molar-refractivity contribution in [3.05, 3.63) is 65.5 Å². The van der Waals surface area contributed by atoms with Crippen molar-refractivity contribution in [3.8, 4) is 5.75 Å². The molecule has 3 rings (SSSR count). The third-order valence-corrected chi connectivity index (χ3v) is 4.98. The molecule has 0 spiro atoms. The number of halogens is 1. The number of carbonyl (C=O) groups excluding carboxylic acids is 1. The van der Waals surface area contributed by atoms with Crippen molar-refractivity contribution in [1.82, 2.24) is 10.2 Å². The second-order valence-electron chi connectivity index (χ2n) is 6.83. The zero-order chi connectivity index (χ0) is 20.1. The first kappa shape index (κ1) is 19.7. The molecular weight excluding hydrogens is 363 g/mol. The minimum absolute atomic E-state index is 0.180. The Morgan fingerprint density at radius 1 is 1.14 bits per heavy atom. The van der Waals surface area contributed by atoms with Gasteiger partial charge in [0, 0.05) is 13.1 Å². The largest absolute Gasteiger partial charge is 0.497 e. The van der Waals surface area contributed by atoms with E-state index in [4.69, 9.17) is 4.74 Å². The molecule has 1 aliphatic heterocycles. The van der Waals surface area contributed by atoms with Crippen molar-refractivity contribution in [2.75, 3.05) is 20.2 Å². The topological polar surface area (TPSA) is 78.9 Å². The zero-order valence-corrected chi connectivity index (χ0v) is 15.6. The van der Waals surface area contributed by atoms with Gasteiger partial charge in [-0.15, -0.1) is 0 Å². The summed E-state index contributed by atoms with van der Waals surface area (Å²) in [6.45, 7) is 0.689. The molecule has 2 aromatic carbocycles. The number of hydrogen-bond acceptors (Lipinski definition) is 3. The van der Waals surface area contributed by atoms with Crippen LogP contribution >= 0.6 is 0 Å². The molecule has 1 heterocycles. The highest BCUT2D eigenvalue weighted by Gasteiger charge is 2.29. The molecule has 1 fully saturated rings. The average molecular weight is 386 g/mol. The summed E-state index contributed by atoms with van der Waals surface area (Å²) in [5.74, 6) is -1.11. The number of nitrogens with one attached hydrogen (secondary N) is 1. The summed E-state index contributed by atoms with van der Waals surface area (Å²) in [7, 11) is 1.57. The summed E-state index contributed by atoms with van der Waals surface area (Å²) >= 11 is 0. The molecule has 2 atom stereocenters. The molecule has 7 heteroatoms. The lowest BCUT2D eigenvalue weighted by atomic mass is 9.97. The van der Waals surface area contributed by atoms with E-state index in [1.54, 1.807) is 31.4 Å². The van der Waals surface area contributed by atoms with Crippen LogP contribution in [0.2, 0.25) is 0 Å². The lowest BCUT2D eigenvalue weighted by molar-refractivity contribution is -0.143. The Bertz CT molecular complexity index is 823. The summed E-state index contributed by atoms with van der Waals surface area (Å²) in [6, 6.07) is 12.4. The fourth-order valence-corrected chi connectivity index (χ4v) is 3.39. The van der Waals surface area contributed by atoms with Crippen molar-refractivity contribution < 1.29 is 23.8 Å². The van der Waals surface area contributed by atoms with Crippen LogP contribution in [-0.4, -0.2) is 42.2 Å². The first-order valence-corrected chi connectivity index (χ1v) is 9.15. The molecule has 2 N–H and O–H groups in total. The van der Waals surface area contributed by atoms with Crippen molar-refractivity contribution in [2.24, 2.45) is 5.92 Å². The van der Waals surface area contributed by atoms with E-state index < -0.39 is 17.9 Å². The average Bonchev–Trinajstić information content (AvgIpc) is 2.73. The molecule has 2 amide bonds. The summed E-state index contributed by atoms with van der Waals surface area (Å²) in [5, 5.41) is 12.2. The number of urea groups is 1. The number of hydrogen-bond donors (Lipinski definition) is 2. The Kier molecular flexibility index (Phi) is 6.13. The number of carboxylic acid groups (broad SMARTS) is 1. The molecule has 2 unspecified atom stereocenters. The lowest BCUT2D eigenvalue weighted by Crippen LogP contribution is -2.48. The summed E-state index contributed by atoms with van der Waals surface area (Å²) < 4.78 is 18.5. The number of carbonyl (C=O) groups is 2. The molecule has 0 radical (unpaired) electrons. The van der Waals surface area contributed by atoms with Gasteiger partial charge in [0.15, 0.2) is 0 Å². The molecule has 0 aliphatic carbocycles. The maximum Gasteiger partial charge on any atom is 0.318 e. The molecule has 0 aromatic heterocycles. The number of rotatable bonds is 5. The molecule has 148 valence electrons. The fraction of sp³-hybridized carbons (Fsp3) is 0.333. The standard InChI is InChI=1S/C21H23FN2O4/c1-28-18-10-6-15(7-11-18)19(14-4-8-17(22)9-5-14)23-21(27)24-12-2-3-16(13-24)20(25)26/h4-11,16,19H,2-3,12-13H2,1H3,(H,23,27)(H,25,26). The molecule has 2 aromatic rings. The predicted octanol–water partition coefficient (Wildman–Crippen LogP) is 3.43. The van der Waals surface area contributed by atoms with Gasteiger partial charge in [0.05, 0.1) is 19.1 Å². The zero-order valence-electron chi connectivity index (χ0n) is 15.6. The van der Waals surface area contributed by atoms with E-state index in [1.165, 1.54) is 17.0 Å². The number of amides is 2. The fourth-order valence-electron chi connectivity index (χ4n) is 3.39. The quantitative estimate of drug-likeness (QED) is 0.825. The maximum atomic E-state index is 13.4. The van der Waals surface area contributed by atoms with E-state index in [2.05, 4.69) is 5.32 Å². The number of carboxylic acids is 1. The van der Waals surface area contributed by atoms with E-state index in [9.17, 15) is 19.1 Å². The first-order valence-electron chi connectivity index (χ1n) is 9.15. The van der Waals surface area contributed by atoms with Gasteiger partial charge in [0.2, 0.25) is 0 Å². The minimum Gasteiger partial charge on any atom is -0.497 e. The third-order valence-electron chi connectivity index (χ3n) is 4.98. The van der Waals surface area contributed by atoms with Gasteiger partial charge in [-0.2, -0.15) is 0 Å². The van der Waals surface area contributed by atoms with Crippen LogP contribution in [0.4, 0.5) is 9.18 Å². The smallest absolute Gasteiger partial charge is 0.318 e. The lowest BCUT2D eigenvalue weighted by Gasteiger charge is -2.32. The van der Waals surface area contributed by atoms with Gasteiger partial charge in [-0.1, -0.05) is 24.3 Å². The second kappa shape index (κ2) is 8.73. The van der Waals surface area contributed by atoms with Crippen LogP contribution in [0.1, 0.15) is 30.0 Å². The number of methoxy groups -OCH3 is 1. The van der Waals surface area contributed by atoms with Gasteiger partial charge in [0.1, 0.15) is 11.6 Å². The van der Waals surface area contributed by atoms with Gasteiger partial charge in [-0.05, 0) is 48.2 Å². The van der Waals surface area contributed by atoms with Gasteiger partial charge in [-0.3, -0.25) is 4.79 Å². The molecule has 1 aliphatic rings. The van der Waals surface area contributed by atoms with Crippen LogP contribution in [0.3, 0.4) is 0 Å². The van der Waals surface area contributed by atoms with Crippen LogP contribution < -0.4 is 10.1 Å². The van der Waals surface area contributed by atoms with Crippen LogP contribution in [0.25, 0.3) is 0 Å². The van der Waals surface area contributed by atoms with Crippen LogP contribution in [-0.2, 0) is 4.79 Å². The summed E-state index contributed by atoms with van der Waals surface area (Å²) in [6.07, 6.45) is 1.22. The highest BCUT2D eigenvalue weighted by atomic mass is 19.1. The van der Waals surface area contributed by atoms with Gasteiger partial charge >= 0.3 is 12.0 Å². The number of benzene rings is 2. The maximum absolute atomic E-state index is 13.4. The van der Waals surface area contributed by atoms with Crippen LogP contribution in [0, 0.1) is 11.7 Å². The van der Waals surface area contributed by atoms with Crippen molar-refractivity contribution in [2.45, 2.75) is 18.9 Å². The normalized spacial score (nSPS) is 17.6. The van der Waals surface area contributed by atoms with Gasteiger partial charge in [-0.25, -0.2) is 9.18 Å². The van der Waals surface area contributed by atoms with Gasteiger partial charge < -0.3 is 20.1 Å². The van der Waals surface area contributed by atoms with E-state index in [1.807, 2.05) is 12.1 Å². The Labute approximate surface area is 162 Å². The summed E-state index contributed by atoms with van der Waals surface area (Å²) in [4.78, 5) is 25.6. The Morgan fingerprint density at radius 2 is 1.75 bits per heavy atom. The van der Waals surface area contributed by atoms with Crippen molar-refractivity contribution >= 4 is 12.0 Å². The third kappa shape index (κ3) is 4.60. The molecular formula is C21H23FN2O4. The molecule has 28 heavy (non-hydrogen) atoms. The minimum atomic E-state index is -0.886. The Hall–Kier alpha value is -3.09. The number of ether oxygens (including phenoxy) is 1. The number of aliphatic carboxylic acids is 1. The summed E-state index contributed by atoms with van der Waals surface area (Å²) in [5.41, 5.74) is 1.54.